The molecule has 0 spiro atoms. The number of hydrogen-bond acceptors (Lipinski definition) is 6. The Morgan fingerprint density at radius 1 is 1.33 bits per heavy atom. The highest BCUT2D eigenvalue weighted by Gasteiger charge is 2.34. The van der Waals surface area contributed by atoms with Gasteiger partial charge >= 0.3 is 0 Å². The molecule has 1 aromatic carbocycles. The van der Waals surface area contributed by atoms with Crippen molar-refractivity contribution >= 4 is 44.5 Å². The number of carbonyl (C=O) groups is 1. The SMILES string of the molecule is CCCCSC1=NN2C(=c3cc(Br)ccc3=N[C@@H]2c2cccnc2)C(=O)N1. The molecule has 0 aliphatic carbocycles. The Balaban J connectivity index is 1.86. The first-order valence-electron chi connectivity index (χ1n) is 8.77. The monoisotopic (exact) mass is 443 g/mol. The minimum atomic E-state index is -0.421. The maximum absolute atomic E-state index is 13.0. The molecule has 6 nitrogen and oxygen atoms in total. The number of nitrogens with one attached hydrogen (secondary N) is 1. The van der Waals surface area contributed by atoms with Gasteiger partial charge in [-0.1, -0.05) is 47.1 Å². The van der Waals surface area contributed by atoms with Crippen LogP contribution in [0.3, 0.4) is 0 Å². The Morgan fingerprint density at radius 2 is 2.22 bits per heavy atom. The van der Waals surface area contributed by atoms with Crippen LogP contribution in [0, 0.1) is 0 Å². The van der Waals surface area contributed by atoms with E-state index < -0.39 is 6.17 Å². The van der Waals surface area contributed by atoms with Crippen LogP contribution in [0.5, 0.6) is 0 Å². The Hall–Kier alpha value is -2.19. The van der Waals surface area contributed by atoms with E-state index in [0.29, 0.717) is 10.9 Å². The number of halogens is 1. The zero-order chi connectivity index (χ0) is 18.8. The summed E-state index contributed by atoms with van der Waals surface area (Å²) in [6, 6.07) is 9.57. The van der Waals surface area contributed by atoms with E-state index in [1.807, 2.05) is 30.3 Å². The average molecular weight is 444 g/mol. The van der Waals surface area contributed by atoms with Crippen LogP contribution >= 0.6 is 27.7 Å². The predicted octanol–water partition coefficient (Wildman–Crippen LogP) is 2.52. The first-order valence-corrected chi connectivity index (χ1v) is 10.5. The molecule has 1 amide bonds. The van der Waals surface area contributed by atoms with Gasteiger partial charge in [-0.05, 0) is 30.7 Å². The molecule has 1 N–H and O–H groups in total. The summed E-state index contributed by atoms with van der Waals surface area (Å²) < 4.78 is 0.892. The van der Waals surface area contributed by atoms with Gasteiger partial charge in [-0.3, -0.25) is 20.1 Å². The number of pyridine rings is 1. The highest BCUT2D eigenvalue weighted by atomic mass is 79.9. The van der Waals surface area contributed by atoms with Crippen LogP contribution in [0.25, 0.3) is 5.70 Å². The van der Waals surface area contributed by atoms with E-state index in [9.17, 15) is 4.79 Å². The van der Waals surface area contributed by atoms with Crippen molar-refractivity contribution in [2.75, 3.05) is 5.75 Å². The van der Waals surface area contributed by atoms with Gasteiger partial charge in [0.05, 0.1) is 5.36 Å². The van der Waals surface area contributed by atoms with Gasteiger partial charge in [0, 0.05) is 33.4 Å². The summed E-state index contributed by atoms with van der Waals surface area (Å²) in [6.45, 7) is 2.14. The number of thioether (sulfide) groups is 1. The summed E-state index contributed by atoms with van der Waals surface area (Å²) in [5.74, 6) is 0.752. The number of benzene rings is 1. The zero-order valence-electron chi connectivity index (χ0n) is 14.7. The first kappa shape index (κ1) is 18.2. The number of rotatable bonds is 4. The van der Waals surface area contributed by atoms with E-state index in [1.165, 1.54) is 0 Å². The van der Waals surface area contributed by atoms with E-state index >= 15 is 0 Å². The first-order chi connectivity index (χ1) is 13.2. The Morgan fingerprint density at radius 3 is 3.00 bits per heavy atom. The minimum absolute atomic E-state index is 0.160. The van der Waals surface area contributed by atoms with Crippen molar-refractivity contribution in [3.63, 3.8) is 0 Å². The Bertz CT molecular complexity index is 1020. The van der Waals surface area contributed by atoms with Crippen LogP contribution in [0.1, 0.15) is 31.5 Å². The molecule has 0 fully saturated rings. The molecule has 0 bridgehead atoms. The normalized spacial score (nSPS) is 18.2. The third-order valence-electron chi connectivity index (χ3n) is 4.29. The number of carbonyl (C=O) groups excluding carboxylic acids is 1. The lowest BCUT2D eigenvalue weighted by Crippen LogP contribution is -2.50. The fourth-order valence-electron chi connectivity index (χ4n) is 2.98. The quantitative estimate of drug-likeness (QED) is 0.736. The molecular formula is C19H18BrN5OS. The zero-order valence-corrected chi connectivity index (χ0v) is 17.1. The molecule has 8 heteroatoms. The van der Waals surface area contributed by atoms with E-state index in [1.54, 1.807) is 29.2 Å². The van der Waals surface area contributed by atoms with Crippen LogP contribution in [-0.2, 0) is 4.79 Å². The van der Waals surface area contributed by atoms with Crippen molar-refractivity contribution < 1.29 is 4.79 Å². The fourth-order valence-corrected chi connectivity index (χ4v) is 4.27. The second kappa shape index (κ2) is 7.82. The van der Waals surface area contributed by atoms with Gasteiger partial charge in [-0.25, -0.2) is 5.01 Å². The molecule has 27 heavy (non-hydrogen) atoms. The molecule has 2 aromatic rings. The Labute approximate surface area is 169 Å². The predicted molar refractivity (Wildman–Crippen MR) is 110 cm³/mol. The van der Waals surface area contributed by atoms with Crippen molar-refractivity contribution in [2.45, 2.75) is 25.9 Å². The number of unbranched alkanes of at least 4 members (excludes halogenated alkanes) is 1. The van der Waals surface area contributed by atoms with Crippen LogP contribution in [-0.4, -0.2) is 26.8 Å². The lowest BCUT2D eigenvalue weighted by Gasteiger charge is -2.33. The number of nitrogens with zero attached hydrogens (tertiary/aromatic N) is 4. The fraction of sp³-hybridized carbons (Fsp3) is 0.263. The number of fused-ring (bicyclic) bond motifs is 2. The summed E-state index contributed by atoms with van der Waals surface area (Å²) in [6.07, 6.45) is 5.24. The van der Waals surface area contributed by atoms with Gasteiger partial charge in [0.1, 0.15) is 5.70 Å². The summed E-state index contributed by atoms with van der Waals surface area (Å²) in [5, 5.41) is 11.5. The number of amides is 1. The van der Waals surface area contributed by atoms with Crippen LogP contribution < -0.4 is 15.9 Å². The van der Waals surface area contributed by atoms with Gasteiger partial charge in [0.15, 0.2) is 11.3 Å². The maximum atomic E-state index is 13.0. The average Bonchev–Trinajstić information content (AvgIpc) is 2.68. The third-order valence-corrected chi connectivity index (χ3v) is 5.73. The third kappa shape index (κ3) is 3.64. The molecule has 1 atom stereocenters. The molecule has 138 valence electrons. The largest absolute Gasteiger partial charge is 0.298 e. The molecule has 3 heterocycles. The smallest absolute Gasteiger partial charge is 0.276 e. The number of hydrogen-bond donors (Lipinski definition) is 1. The topological polar surface area (TPSA) is 70.0 Å². The van der Waals surface area contributed by atoms with Crippen molar-refractivity contribution in [3.8, 4) is 0 Å². The number of aromatic nitrogens is 1. The second-order valence-electron chi connectivity index (χ2n) is 6.21. The van der Waals surface area contributed by atoms with E-state index in [0.717, 1.165) is 39.2 Å². The molecule has 0 unspecified atom stereocenters. The lowest BCUT2D eigenvalue weighted by atomic mass is 10.1. The van der Waals surface area contributed by atoms with Gasteiger partial charge in [-0.15, -0.1) is 5.10 Å². The van der Waals surface area contributed by atoms with Gasteiger partial charge in [0.25, 0.3) is 5.91 Å². The van der Waals surface area contributed by atoms with Crippen LogP contribution in [0.4, 0.5) is 0 Å². The number of amidine groups is 1. The summed E-state index contributed by atoms with van der Waals surface area (Å²) in [5.41, 5.74) is 1.40. The molecule has 2 aliphatic rings. The standard InChI is InChI=1S/C19H18BrN5OS/c1-2-3-9-27-19-23-18(26)16-14-10-13(20)6-7-15(14)22-17(25(16)24-19)12-5-4-8-21-11-12/h4-8,10-11,17H,2-3,9H2,1H3,(H,23,24,26)/t17-/m0/s1. The molecule has 0 radical (unpaired) electrons. The van der Waals surface area contributed by atoms with Crippen molar-refractivity contribution in [1.82, 2.24) is 15.3 Å². The summed E-state index contributed by atoms with van der Waals surface area (Å²) in [7, 11) is 0. The van der Waals surface area contributed by atoms with Crippen LogP contribution in [0.2, 0.25) is 0 Å². The molecule has 2 aliphatic heterocycles. The number of hydrazone groups is 1. The molecular weight excluding hydrogens is 426 g/mol. The lowest BCUT2D eigenvalue weighted by molar-refractivity contribution is -0.116. The Kier molecular flexibility index (Phi) is 5.27. The van der Waals surface area contributed by atoms with Crippen LogP contribution in [0.15, 0.2) is 57.3 Å². The van der Waals surface area contributed by atoms with E-state index in [-0.39, 0.29) is 5.91 Å². The van der Waals surface area contributed by atoms with Crippen molar-refractivity contribution in [1.29, 1.82) is 0 Å². The van der Waals surface area contributed by atoms with Gasteiger partial charge in [-0.2, -0.15) is 0 Å². The van der Waals surface area contributed by atoms with Gasteiger partial charge in [0.2, 0.25) is 0 Å². The van der Waals surface area contributed by atoms with E-state index in [4.69, 9.17) is 10.1 Å². The highest BCUT2D eigenvalue weighted by Crippen LogP contribution is 2.30. The molecule has 4 rings (SSSR count). The van der Waals surface area contributed by atoms with E-state index in [2.05, 4.69) is 33.2 Å². The molecule has 0 saturated heterocycles. The second-order valence-corrected chi connectivity index (χ2v) is 8.20. The maximum Gasteiger partial charge on any atom is 0.276 e. The summed E-state index contributed by atoms with van der Waals surface area (Å²) >= 11 is 5.05. The van der Waals surface area contributed by atoms with Crippen molar-refractivity contribution in [2.24, 2.45) is 10.1 Å². The molecule has 0 saturated carbocycles. The molecule has 1 aromatic heterocycles. The van der Waals surface area contributed by atoms with Gasteiger partial charge < -0.3 is 0 Å². The summed E-state index contributed by atoms with van der Waals surface area (Å²) in [4.78, 5) is 22.0. The highest BCUT2D eigenvalue weighted by molar-refractivity contribution is 9.10. The minimum Gasteiger partial charge on any atom is -0.298 e. The van der Waals surface area contributed by atoms with Crippen molar-refractivity contribution in [3.05, 3.63) is 63.3 Å².